The summed E-state index contributed by atoms with van der Waals surface area (Å²) >= 11 is 0. The van der Waals surface area contributed by atoms with Crippen LogP contribution in [0.1, 0.15) is 66.7 Å². The van der Waals surface area contributed by atoms with Crippen LogP contribution >= 0.6 is 0 Å². The molecule has 0 aromatic carbocycles. The number of carbonyl (C=O) groups is 4. The summed E-state index contributed by atoms with van der Waals surface area (Å²) in [6.07, 6.45) is 2.13. The minimum absolute atomic E-state index is 0.0674. The Kier molecular flexibility index (Phi) is 4.13. The highest BCUT2D eigenvalue weighted by Crippen LogP contribution is 2.70. The van der Waals surface area contributed by atoms with E-state index in [1.165, 1.54) is 0 Å². The van der Waals surface area contributed by atoms with E-state index in [2.05, 4.69) is 0 Å². The zero-order chi connectivity index (χ0) is 26.8. The summed E-state index contributed by atoms with van der Waals surface area (Å²) in [7, 11) is 0. The van der Waals surface area contributed by atoms with Crippen LogP contribution in [0.15, 0.2) is 11.6 Å². The minimum atomic E-state index is -1.69. The molecule has 7 fully saturated rings. The van der Waals surface area contributed by atoms with Crippen molar-refractivity contribution in [2.45, 2.75) is 108 Å². The summed E-state index contributed by atoms with van der Waals surface area (Å²) in [5, 5.41) is 0. The van der Waals surface area contributed by atoms with E-state index >= 15 is 0 Å². The number of hydrogen-bond donors (Lipinski definition) is 0. The SMILES string of the molecule is C[C@H]1C(=O)O[C@@H]2[C@H]1O[C@@]13O[C@]4(CC[C@@]5(C)C(=O)[C@H](C)[C@@H]2[C@@H]15)C[C@@]12OC(=O)C[C@@H]1OC(C)(C)[C@H]2CC=C4C3=O. The number of esters is 2. The summed E-state index contributed by atoms with van der Waals surface area (Å²) in [6, 6.07) is 0. The van der Waals surface area contributed by atoms with E-state index in [4.69, 9.17) is 23.7 Å². The van der Waals surface area contributed by atoms with Gasteiger partial charge < -0.3 is 23.7 Å². The third kappa shape index (κ3) is 2.35. The van der Waals surface area contributed by atoms with Crippen LogP contribution in [0.4, 0.5) is 0 Å². The lowest BCUT2D eigenvalue weighted by Crippen LogP contribution is -2.63. The van der Waals surface area contributed by atoms with E-state index in [0.29, 0.717) is 24.8 Å². The number of fused-ring (bicyclic) bond motifs is 2. The fourth-order valence-electron chi connectivity index (χ4n) is 10.2. The van der Waals surface area contributed by atoms with Crippen molar-refractivity contribution in [2.24, 2.45) is 35.0 Å². The molecule has 0 unspecified atom stereocenters. The van der Waals surface area contributed by atoms with Gasteiger partial charge in [0.15, 0.2) is 0 Å². The summed E-state index contributed by atoms with van der Waals surface area (Å²) < 4.78 is 32.1. The Morgan fingerprint density at radius 1 is 0.947 bits per heavy atom. The first-order valence-electron chi connectivity index (χ1n) is 14.1. The lowest BCUT2D eigenvalue weighted by molar-refractivity contribution is -0.329. The maximum absolute atomic E-state index is 14.7. The molecular formula is C29H34O9. The van der Waals surface area contributed by atoms with E-state index in [9.17, 15) is 19.2 Å². The molecule has 6 saturated heterocycles. The third-order valence-electron chi connectivity index (χ3n) is 11.8. The number of Topliss-reactive ketones (excluding diaryl/α,β-unsaturated/α-hetero) is 2. The van der Waals surface area contributed by atoms with E-state index < -0.39 is 64.1 Å². The van der Waals surface area contributed by atoms with Gasteiger partial charge in [0.2, 0.25) is 11.6 Å². The predicted octanol–water partition coefficient (Wildman–Crippen LogP) is 2.43. The molecule has 0 amide bonds. The zero-order valence-electron chi connectivity index (χ0n) is 22.4. The highest BCUT2D eigenvalue weighted by atomic mass is 16.7. The molecule has 0 aromatic heterocycles. The topological polar surface area (TPSA) is 114 Å². The first-order chi connectivity index (χ1) is 17.8. The van der Waals surface area contributed by atoms with Crippen LogP contribution in [-0.4, -0.2) is 64.4 Å². The van der Waals surface area contributed by atoms with Crippen molar-refractivity contribution in [1.82, 2.24) is 0 Å². The molecule has 0 N–H and O–H groups in total. The number of allylic oxidation sites excluding steroid dienone is 1. The molecule has 9 heteroatoms. The summed E-state index contributed by atoms with van der Waals surface area (Å²) in [4.78, 5) is 53.9. The molecule has 0 radical (unpaired) electrons. The quantitative estimate of drug-likeness (QED) is 0.439. The first-order valence-corrected chi connectivity index (χ1v) is 14.1. The van der Waals surface area contributed by atoms with Crippen LogP contribution in [0.3, 0.4) is 0 Å². The first kappa shape index (κ1) is 23.8. The van der Waals surface area contributed by atoms with E-state index in [1.54, 1.807) is 6.92 Å². The summed E-state index contributed by atoms with van der Waals surface area (Å²) in [5.74, 6) is -4.62. The molecule has 9 nitrogen and oxygen atoms in total. The molecule has 6 aliphatic heterocycles. The molecule has 2 aliphatic carbocycles. The van der Waals surface area contributed by atoms with Gasteiger partial charge in [0.1, 0.15) is 35.3 Å². The van der Waals surface area contributed by atoms with E-state index in [-0.39, 0.29) is 48.2 Å². The van der Waals surface area contributed by atoms with Gasteiger partial charge >= 0.3 is 11.9 Å². The van der Waals surface area contributed by atoms with Gasteiger partial charge in [0, 0.05) is 41.1 Å². The highest BCUT2D eigenvalue weighted by Gasteiger charge is 2.81. The lowest BCUT2D eigenvalue weighted by atomic mass is 9.62. The standard InChI is InChI=1S/C29H34O9/c1-12-18-20-19(13(2)24(33)34-20)37-29-21(18)26(5,22(12)31)8-9-27(38-29)11-28-15(7-6-14(27)23(29)32)25(3,4)35-16(28)10-17(30)36-28/h6,12-13,15-16,18-21H,7-11H2,1-5H3/t12-,13-,15-,16+,18+,19+,20+,21-,26-,27-,28+,29-/m1/s1. The molecule has 6 heterocycles. The molecule has 8 aliphatic rings. The molecule has 0 aromatic rings. The molecular weight excluding hydrogens is 492 g/mol. The van der Waals surface area contributed by atoms with Crippen LogP contribution in [0.25, 0.3) is 0 Å². The molecule has 8 rings (SSSR count). The van der Waals surface area contributed by atoms with Crippen LogP contribution in [0.2, 0.25) is 0 Å². The number of ketones is 2. The van der Waals surface area contributed by atoms with Crippen molar-refractivity contribution >= 4 is 23.5 Å². The van der Waals surface area contributed by atoms with Crippen LogP contribution in [-0.2, 0) is 42.9 Å². The lowest BCUT2D eigenvalue weighted by Gasteiger charge is -2.49. The second kappa shape index (κ2) is 6.61. The second-order valence-electron chi connectivity index (χ2n) is 13.9. The monoisotopic (exact) mass is 526 g/mol. The van der Waals surface area contributed by atoms with E-state index in [1.807, 2.05) is 33.8 Å². The van der Waals surface area contributed by atoms with E-state index in [0.717, 1.165) is 0 Å². The summed E-state index contributed by atoms with van der Waals surface area (Å²) in [6.45, 7) is 9.59. The van der Waals surface area contributed by atoms with Crippen molar-refractivity contribution in [1.29, 1.82) is 0 Å². The number of hydrogen-bond acceptors (Lipinski definition) is 9. The fourth-order valence-corrected chi connectivity index (χ4v) is 10.2. The summed E-state index contributed by atoms with van der Waals surface area (Å²) in [5.41, 5.74) is -2.88. The normalized spacial score (nSPS) is 57.1. The van der Waals surface area contributed by atoms with Gasteiger partial charge in [-0.1, -0.05) is 19.9 Å². The largest absolute Gasteiger partial charge is 0.459 e. The van der Waals surface area contributed by atoms with Crippen molar-refractivity contribution in [3.05, 3.63) is 11.6 Å². The van der Waals surface area contributed by atoms with Crippen LogP contribution in [0, 0.1) is 35.0 Å². The average Bonchev–Trinajstić information content (AvgIpc) is 3.42. The average molecular weight is 527 g/mol. The van der Waals surface area contributed by atoms with Crippen molar-refractivity contribution in [3.63, 3.8) is 0 Å². The maximum atomic E-state index is 14.7. The molecule has 2 bridgehead atoms. The van der Waals surface area contributed by atoms with Gasteiger partial charge in [0.05, 0.1) is 17.9 Å². The second-order valence-corrected chi connectivity index (χ2v) is 13.9. The van der Waals surface area contributed by atoms with Crippen molar-refractivity contribution < 1.29 is 42.9 Å². The Bertz CT molecular complexity index is 1270. The molecule has 12 atom stereocenters. The predicted molar refractivity (Wildman–Crippen MR) is 127 cm³/mol. The van der Waals surface area contributed by atoms with Gasteiger partial charge in [-0.15, -0.1) is 0 Å². The van der Waals surface area contributed by atoms with Gasteiger partial charge in [-0.25, -0.2) is 0 Å². The Hall–Kier alpha value is -2.10. The van der Waals surface area contributed by atoms with Crippen LogP contribution < -0.4 is 0 Å². The van der Waals surface area contributed by atoms with Gasteiger partial charge in [0.25, 0.3) is 0 Å². The number of rotatable bonds is 0. The van der Waals surface area contributed by atoms with Gasteiger partial charge in [-0.3, -0.25) is 19.2 Å². The molecule has 3 spiro atoms. The zero-order valence-corrected chi connectivity index (χ0v) is 22.4. The van der Waals surface area contributed by atoms with Gasteiger partial charge in [-0.2, -0.15) is 0 Å². The highest BCUT2D eigenvalue weighted by molar-refractivity contribution is 6.07. The van der Waals surface area contributed by atoms with Crippen molar-refractivity contribution in [2.75, 3.05) is 0 Å². The molecule has 204 valence electrons. The Morgan fingerprint density at radius 3 is 2.47 bits per heavy atom. The van der Waals surface area contributed by atoms with Crippen LogP contribution in [0.5, 0.6) is 0 Å². The Morgan fingerprint density at radius 2 is 1.71 bits per heavy atom. The number of ether oxygens (including phenoxy) is 5. The minimum Gasteiger partial charge on any atom is -0.459 e. The molecule has 1 saturated carbocycles. The fraction of sp³-hybridized carbons (Fsp3) is 0.793. The molecule has 38 heavy (non-hydrogen) atoms. The maximum Gasteiger partial charge on any atom is 0.311 e. The Balaban J connectivity index is 1.32. The number of carbonyl (C=O) groups excluding carboxylic acids is 4. The third-order valence-corrected chi connectivity index (χ3v) is 11.8. The van der Waals surface area contributed by atoms with Gasteiger partial charge in [-0.05, 0) is 40.0 Å². The smallest absolute Gasteiger partial charge is 0.311 e. The Labute approximate surface area is 220 Å². The van der Waals surface area contributed by atoms with Crippen molar-refractivity contribution in [3.8, 4) is 0 Å².